The van der Waals surface area contributed by atoms with Crippen molar-refractivity contribution in [1.29, 1.82) is 0 Å². The average Bonchev–Trinajstić information content (AvgIpc) is 2.47. The minimum Gasteiger partial charge on any atom is -0.318 e. The van der Waals surface area contributed by atoms with Gasteiger partial charge in [-0.05, 0) is 32.4 Å². The molecule has 21 heavy (non-hydrogen) atoms. The van der Waals surface area contributed by atoms with E-state index in [2.05, 4.69) is 19.2 Å². The average molecular weight is 288 g/mol. The van der Waals surface area contributed by atoms with Crippen molar-refractivity contribution in [3.63, 3.8) is 0 Å². The molecule has 0 amide bonds. The number of para-hydroxylation sites is 1. The summed E-state index contributed by atoms with van der Waals surface area (Å²) >= 11 is 0. The number of hydrogen-bond donors (Lipinski definition) is 1. The van der Waals surface area contributed by atoms with E-state index >= 15 is 0 Å². The van der Waals surface area contributed by atoms with Crippen molar-refractivity contribution < 1.29 is 4.39 Å². The lowest BCUT2D eigenvalue weighted by atomic mass is 10.2. The van der Waals surface area contributed by atoms with E-state index in [1.807, 2.05) is 0 Å². The topological polar surface area (TPSA) is 34.0 Å². The highest BCUT2D eigenvalue weighted by atomic mass is 19.1. The number of nitrogens with zero attached hydrogens (tertiary/aromatic N) is 1. The summed E-state index contributed by atoms with van der Waals surface area (Å²) < 4.78 is 15.7. The fourth-order valence-corrected chi connectivity index (χ4v) is 2.14. The number of benzene rings is 1. The van der Waals surface area contributed by atoms with Crippen molar-refractivity contribution in [1.82, 2.24) is 9.88 Å². The highest BCUT2D eigenvalue weighted by Gasteiger charge is 2.09. The summed E-state index contributed by atoms with van der Waals surface area (Å²) in [6, 6.07) is 8.46. The van der Waals surface area contributed by atoms with Crippen LogP contribution in [0.4, 0.5) is 4.39 Å². The first kappa shape index (κ1) is 15.4. The molecule has 1 aromatic heterocycles. The summed E-state index contributed by atoms with van der Waals surface area (Å²) in [6.07, 6.45) is 2.72. The third kappa shape index (κ3) is 3.58. The number of pyridine rings is 1. The second kappa shape index (κ2) is 6.68. The molecular formula is C17H21FN2O. The summed E-state index contributed by atoms with van der Waals surface area (Å²) in [6.45, 7) is 6.45. The van der Waals surface area contributed by atoms with E-state index in [1.165, 1.54) is 6.07 Å². The Hall–Kier alpha value is -1.94. The molecule has 2 rings (SSSR count). The van der Waals surface area contributed by atoms with Gasteiger partial charge < -0.3 is 9.88 Å². The molecule has 1 heterocycles. The van der Waals surface area contributed by atoms with Crippen molar-refractivity contribution in [3.8, 4) is 5.69 Å². The van der Waals surface area contributed by atoms with E-state index in [-0.39, 0.29) is 11.2 Å². The molecule has 1 atom stereocenters. The summed E-state index contributed by atoms with van der Waals surface area (Å²) in [4.78, 5) is 12.1. The lowest BCUT2D eigenvalue weighted by Crippen LogP contribution is -2.28. The van der Waals surface area contributed by atoms with E-state index in [9.17, 15) is 9.18 Å². The van der Waals surface area contributed by atoms with Crippen LogP contribution < -0.4 is 10.7 Å². The summed E-state index contributed by atoms with van der Waals surface area (Å²) in [5, 5.41) is 3.30. The third-order valence-corrected chi connectivity index (χ3v) is 3.69. The predicted molar refractivity (Wildman–Crippen MR) is 83.3 cm³/mol. The third-order valence-electron chi connectivity index (χ3n) is 3.69. The summed E-state index contributed by atoms with van der Waals surface area (Å²) in [5.74, 6) is -0.301. The number of hydrogen-bond acceptors (Lipinski definition) is 2. The van der Waals surface area contributed by atoms with Crippen molar-refractivity contribution >= 4 is 0 Å². The number of nitrogens with one attached hydrogen (secondary N) is 1. The lowest BCUT2D eigenvalue weighted by molar-refractivity contribution is 0.531. The number of halogens is 1. The fourth-order valence-electron chi connectivity index (χ4n) is 2.14. The Morgan fingerprint density at radius 3 is 2.71 bits per heavy atom. The molecule has 0 saturated carbocycles. The predicted octanol–water partition coefficient (Wildman–Crippen LogP) is 3.17. The highest BCUT2D eigenvalue weighted by Crippen LogP contribution is 2.15. The molecule has 0 aliphatic heterocycles. The zero-order valence-corrected chi connectivity index (χ0v) is 12.7. The highest BCUT2D eigenvalue weighted by molar-refractivity contribution is 5.36. The molecule has 4 heteroatoms. The van der Waals surface area contributed by atoms with Gasteiger partial charge >= 0.3 is 0 Å². The Morgan fingerprint density at radius 1 is 1.33 bits per heavy atom. The maximum atomic E-state index is 13.9. The fraction of sp³-hybridized carbons (Fsp3) is 0.353. The van der Waals surface area contributed by atoms with Gasteiger partial charge in [0.2, 0.25) is 0 Å². The molecule has 0 spiro atoms. The second-order valence-electron chi connectivity index (χ2n) is 5.32. The standard InChI is InChI=1S/C17H21FN2O/c1-4-12(2)19-10-14-11-20(13(3)9-17(14)21)16-8-6-5-7-15(16)18/h5-9,11-12,19H,4,10H2,1-3H3. The van der Waals surface area contributed by atoms with Crippen molar-refractivity contribution in [2.45, 2.75) is 39.8 Å². The first-order chi connectivity index (χ1) is 10.0. The Bertz CT molecular complexity index is 679. The minimum absolute atomic E-state index is 0.0177. The first-order valence-corrected chi connectivity index (χ1v) is 7.23. The van der Waals surface area contributed by atoms with Gasteiger partial charge in [0, 0.05) is 36.1 Å². The van der Waals surface area contributed by atoms with Crippen molar-refractivity contribution in [2.24, 2.45) is 0 Å². The maximum absolute atomic E-state index is 13.9. The molecular weight excluding hydrogens is 267 g/mol. The number of aryl methyl sites for hydroxylation is 1. The van der Waals surface area contributed by atoms with E-state index in [0.29, 0.717) is 23.8 Å². The summed E-state index contributed by atoms with van der Waals surface area (Å²) in [7, 11) is 0. The SMILES string of the molecule is CCC(C)NCc1cn(-c2ccccc2F)c(C)cc1=O. The molecule has 0 saturated heterocycles. The van der Waals surface area contributed by atoms with Gasteiger partial charge in [-0.15, -0.1) is 0 Å². The van der Waals surface area contributed by atoms with Gasteiger partial charge in [-0.3, -0.25) is 4.79 Å². The quantitative estimate of drug-likeness (QED) is 0.917. The van der Waals surface area contributed by atoms with Crippen LogP contribution in [0, 0.1) is 12.7 Å². The molecule has 0 aliphatic carbocycles. The Morgan fingerprint density at radius 2 is 2.05 bits per heavy atom. The molecule has 1 unspecified atom stereocenters. The zero-order valence-electron chi connectivity index (χ0n) is 12.7. The van der Waals surface area contributed by atoms with Gasteiger partial charge in [0.1, 0.15) is 5.82 Å². The monoisotopic (exact) mass is 288 g/mol. The summed E-state index contributed by atoms with van der Waals surface area (Å²) in [5.41, 5.74) is 1.80. The van der Waals surface area contributed by atoms with Gasteiger partial charge in [-0.25, -0.2) is 4.39 Å². The van der Waals surface area contributed by atoms with Gasteiger partial charge in [0.25, 0.3) is 0 Å². The molecule has 3 nitrogen and oxygen atoms in total. The lowest BCUT2D eigenvalue weighted by Gasteiger charge is -2.15. The van der Waals surface area contributed by atoms with Gasteiger partial charge in [0.15, 0.2) is 5.43 Å². The first-order valence-electron chi connectivity index (χ1n) is 7.23. The largest absolute Gasteiger partial charge is 0.318 e. The smallest absolute Gasteiger partial charge is 0.186 e. The molecule has 0 radical (unpaired) electrons. The second-order valence-corrected chi connectivity index (χ2v) is 5.32. The van der Waals surface area contributed by atoms with Crippen LogP contribution in [0.1, 0.15) is 31.5 Å². The van der Waals surface area contributed by atoms with E-state index in [0.717, 1.165) is 12.1 Å². The Balaban J connectivity index is 2.39. The van der Waals surface area contributed by atoms with E-state index in [4.69, 9.17) is 0 Å². The molecule has 0 bridgehead atoms. The normalized spacial score (nSPS) is 12.4. The Labute approximate surface area is 124 Å². The van der Waals surface area contributed by atoms with Crippen LogP contribution in [0.5, 0.6) is 0 Å². The van der Waals surface area contributed by atoms with Gasteiger partial charge in [-0.2, -0.15) is 0 Å². The van der Waals surface area contributed by atoms with Crippen LogP contribution in [0.25, 0.3) is 5.69 Å². The maximum Gasteiger partial charge on any atom is 0.186 e. The van der Waals surface area contributed by atoms with Crippen LogP contribution >= 0.6 is 0 Å². The van der Waals surface area contributed by atoms with Gasteiger partial charge in [0.05, 0.1) is 5.69 Å². The van der Waals surface area contributed by atoms with E-state index in [1.54, 1.807) is 42.0 Å². The molecule has 2 aromatic rings. The van der Waals surface area contributed by atoms with Crippen LogP contribution in [0.15, 0.2) is 41.3 Å². The molecule has 1 aromatic carbocycles. The Kier molecular flexibility index (Phi) is 4.91. The number of rotatable bonds is 5. The van der Waals surface area contributed by atoms with Crippen LogP contribution in [-0.2, 0) is 6.54 Å². The van der Waals surface area contributed by atoms with Crippen molar-refractivity contribution in [3.05, 3.63) is 63.8 Å². The van der Waals surface area contributed by atoms with Crippen LogP contribution in [-0.4, -0.2) is 10.6 Å². The minimum atomic E-state index is -0.301. The van der Waals surface area contributed by atoms with Crippen LogP contribution in [0.2, 0.25) is 0 Å². The molecule has 112 valence electrons. The zero-order chi connectivity index (χ0) is 15.4. The molecule has 0 fully saturated rings. The van der Waals surface area contributed by atoms with Crippen LogP contribution in [0.3, 0.4) is 0 Å². The number of aromatic nitrogens is 1. The van der Waals surface area contributed by atoms with Crippen molar-refractivity contribution in [2.75, 3.05) is 0 Å². The van der Waals surface area contributed by atoms with Gasteiger partial charge in [-0.1, -0.05) is 19.1 Å². The molecule has 0 aliphatic rings. The van der Waals surface area contributed by atoms with E-state index < -0.39 is 0 Å². The molecule has 1 N–H and O–H groups in total.